The lowest BCUT2D eigenvalue weighted by molar-refractivity contribution is 0.600. The highest BCUT2D eigenvalue weighted by Crippen LogP contribution is 2.25. The van der Waals surface area contributed by atoms with Gasteiger partial charge in [-0.25, -0.2) is 12.8 Å². The standard InChI is InChI=1S/C9H7FN2O2S2/c1-16(13,14)9-12-11-8(15-9)6-3-2-4-7(10)5-6/h2-5H,1H3. The molecule has 0 amide bonds. The zero-order valence-electron chi connectivity index (χ0n) is 8.21. The van der Waals surface area contributed by atoms with E-state index in [-0.39, 0.29) is 4.34 Å². The Hall–Kier alpha value is -1.34. The van der Waals surface area contributed by atoms with Crippen molar-refractivity contribution in [2.75, 3.05) is 6.26 Å². The van der Waals surface area contributed by atoms with Gasteiger partial charge in [0.25, 0.3) is 0 Å². The smallest absolute Gasteiger partial charge is 0.221 e. The summed E-state index contributed by atoms with van der Waals surface area (Å²) in [5.41, 5.74) is 0.521. The molecule has 0 saturated heterocycles. The molecule has 0 aliphatic heterocycles. The number of hydrogen-bond acceptors (Lipinski definition) is 5. The highest BCUT2D eigenvalue weighted by Gasteiger charge is 2.15. The van der Waals surface area contributed by atoms with E-state index < -0.39 is 15.7 Å². The van der Waals surface area contributed by atoms with Crippen molar-refractivity contribution in [3.05, 3.63) is 30.1 Å². The van der Waals surface area contributed by atoms with Gasteiger partial charge in [-0.05, 0) is 12.1 Å². The molecule has 1 heterocycles. The van der Waals surface area contributed by atoms with Crippen molar-refractivity contribution in [3.8, 4) is 10.6 Å². The van der Waals surface area contributed by atoms with Crippen molar-refractivity contribution in [2.24, 2.45) is 0 Å². The zero-order chi connectivity index (χ0) is 11.8. The molecule has 2 aromatic rings. The molecule has 7 heteroatoms. The van der Waals surface area contributed by atoms with Gasteiger partial charge in [-0.3, -0.25) is 0 Å². The maximum atomic E-state index is 12.9. The molecule has 84 valence electrons. The fraction of sp³-hybridized carbons (Fsp3) is 0.111. The lowest BCUT2D eigenvalue weighted by atomic mass is 10.2. The van der Waals surface area contributed by atoms with Crippen molar-refractivity contribution >= 4 is 21.2 Å². The Morgan fingerprint density at radius 2 is 2.06 bits per heavy atom. The van der Waals surface area contributed by atoms with Crippen molar-refractivity contribution in [1.29, 1.82) is 0 Å². The molecule has 0 saturated carbocycles. The van der Waals surface area contributed by atoms with Crippen LogP contribution in [0.1, 0.15) is 0 Å². The molecule has 4 nitrogen and oxygen atoms in total. The summed E-state index contributed by atoms with van der Waals surface area (Å²) in [6.07, 6.45) is 1.06. The lowest BCUT2D eigenvalue weighted by Gasteiger charge is -1.93. The molecule has 0 bridgehead atoms. The van der Waals surface area contributed by atoms with Crippen LogP contribution in [0.3, 0.4) is 0 Å². The van der Waals surface area contributed by atoms with E-state index in [1.807, 2.05) is 0 Å². The van der Waals surface area contributed by atoms with Gasteiger partial charge >= 0.3 is 0 Å². The molecule has 0 fully saturated rings. The number of benzene rings is 1. The number of aromatic nitrogens is 2. The Labute approximate surface area is 95.7 Å². The van der Waals surface area contributed by atoms with Gasteiger partial charge in [-0.2, -0.15) is 0 Å². The summed E-state index contributed by atoms with van der Waals surface area (Å²) in [6.45, 7) is 0. The third kappa shape index (κ3) is 2.25. The SMILES string of the molecule is CS(=O)(=O)c1nnc(-c2cccc(F)c2)s1. The van der Waals surface area contributed by atoms with Crippen molar-refractivity contribution in [1.82, 2.24) is 10.2 Å². The maximum absolute atomic E-state index is 12.9. The average molecular weight is 258 g/mol. The van der Waals surface area contributed by atoms with Crippen LogP contribution in [-0.2, 0) is 9.84 Å². The maximum Gasteiger partial charge on any atom is 0.232 e. The molecular formula is C9H7FN2O2S2. The summed E-state index contributed by atoms with van der Waals surface area (Å²) in [7, 11) is -3.35. The second kappa shape index (κ2) is 3.91. The summed E-state index contributed by atoms with van der Waals surface area (Å²) in [5.74, 6) is -0.395. The van der Waals surface area contributed by atoms with Gasteiger partial charge in [0.05, 0.1) is 0 Å². The number of halogens is 1. The number of sulfone groups is 1. The minimum absolute atomic E-state index is 0.0632. The van der Waals surface area contributed by atoms with Gasteiger partial charge in [0, 0.05) is 11.8 Å². The molecule has 0 atom stereocenters. The molecule has 0 aliphatic carbocycles. The summed E-state index contributed by atoms with van der Waals surface area (Å²) in [5, 5.41) is 7.66. The first kappa shape index (κ1) is 11.2. The van der Waals surface area contributed by atoms with Gasteiger partial charge in [0.2, 0.25) is 14.2 Å². The monoisotopic (exact) mass is 258 g/mol. The molecule has 0 aliphatic rings. The van der Waals surface area contributed by atoms with E-state index in [1.165, 1.54) is 18.2 Å². The van der Waals surface area contributed by atoms with Crippen LogP contribution in [-0.4, -0.2) is 24.9 Å². The third-order valence-electron chi connectivity index (χ3n) is 1.80. The Bertz CT molecular complexity index is 622. The number of nitrogens with zero attached hydrogens (tertiary/aromatic N) is 2. The fourth-order valence-electron chi connectivity index (χ4n) is 1.10. The summed E-state index contributed by atoms with van der Waals surface area (Å²) < 4.78 is 35.2. The lowest BCUT2D eigenvalue weighted by Crippen LogP contribution is -1.95. The Morgan fingerprint density at radius 1 is 1.31 bits per heavy atom. The first-order chi connectivity index (χ1) is 7.47. The van der Waals surface area contributed by atoms with Crippen LogP contribution in [0.15, 0.2) is 28.6 Å². The third-order valence-corrected chi connectivity index (χ3v) is 4.44. The van der Waals surface area contributed by atoms with Crippen molar-refractivity contribution in [2.45, 2.75) is 4.34 Å². The molecule has 1 aromatic heterocycles. The van der Waals surface area contributed by atoms with Gasteiger partial charge in [-0.1, -0.05) is 23.5 Å². The van der Waals surface area contributed by atoms with Crippen LogP contribution in [0.2, 0.25) is 0 Å². The van der Waals surface area contributed by atoms with E-state index in [9.17, 15) is 12.8 Å². The Kier molecular flexibility index (Phi) is 2.73. The van der Waals surface area contributed by atoms with Gasteiger partial charge in [-0.15, -0.1) is 10.2 Å². The van der Waals surface area contributed by atoms with Gasteiger partial charge < -0.3 is 0 Å². The molecule has 0 N–H and O–H groups in total. The van der Waals surface area contributed by atoms with E-state index in [4.69, 9.17) is 0 Å². The van der Waals surface area contributed by atoms with E-state index >= 15 is 0 Å². The number of rotatable bonds is 2. The molecule has 1 aromatic carbocycles. The van der Waals surface area contributed by atoms with Crippen LogP contribution >= 0.6 is 11.3 Å². The Balaban J connectivity index is 2.47. The van der Waals surface area contributed by atoms with E-state index in [0.29, 0.717) is 10.6 Å². The average Bonchev–Trinajstić information content (AvgIpc) is 2.65. The van der Waals surface area contributed by atoms with Gasteiger partial charge in [0.1, 0.15) is 10.8 Å². The normalized spacial score (nSPS) is 11.6. The highest BCUT2D eigenvalue weighted by atomic mass is 32.2. The number of hydrogen-bond donors (Lipinski definition) is 0. The topological polar surface area (TPSA) is 59.9 Å². The van der Waals surface area contributed by atoms with E-state index in [0.717, 1.165) is 17.6 Å². The minimum atomic E-state index is -3.35. The van der Waals surface area contributed by atoms with Crippen LogP contribution in [0.4, 0.5) is 4.39 Å². The van der Waals surface area contributed by atoms with Crippen molar-refractivity contribution < 1.29 is 12.8 Å². The van der Waals surface area contributed by atoms with E-state index in [1.54, 1.807) is 6.07 Å². The predicted octanol–water partition coefficient (Wildman–Crippen LogP) is 1.75. The first-order valence-corrected chi connectivity index (χ1v) is 6.97. The van der Waals surface area contributed by atoms with Crippen LogP contribution in [0, 0.1) is 5.82 Å². The van der Waals surface area contributed by atoms with Crippen LogP contribution < -0.4 is 0 Å². The fourth-order valence-corrected chi connectivity index (χ4v) is 2.70. The minimum Gasteiger partial charge on any atom is -0.221 e. The molecule has 16 heavy (non-hydrogen) atoms. The zero-order valence-corrected chi connectivity index (χ0v) is 9.85. The first-order valence-electron chi connectivity index (χ1n) is 4.26. The highest BCUT2D eigenvalue weighted by molar-refractivity contribution is 7.92. The van der Waals surface area contributed by atoms with Crippen molar-refractivity contribution in [3.63, 3.8) is 0 Å². The molecule has 0 unspecified atom stereocenters. The predicted molar refractivity (Wildman–Crippen MR) is 58.4 cm³/mol. The summed E-state index contributed by atoms with van der Waals surface area (Å²) in [4.78, 5) is 0. The van der Waals surface area contributed by atoms with Crippen LogP contribution in [0.5, 0.6) is 0 Å². The Morgan fingerprint density at radius 3 is 2.62 bits per heavy atom. The van der Waals surface area contributed by atoms with Gasteiger partial charge in [0.15, 0.2) is 0 Å². The molecular weight excluding hydrogens is 251 g/mol. The van der Waals surface area contributed by atoms with Crippen LogP contribution in [0.25, 0.3) is 10.6 Å². The van der Waals surface area contributed by atoms with E-state index in [2.05, 4.69) is 10.2 Å². The molecule has 0 radical (unpaired) electrons. The largest absolute Gasteiger partial charge is 0.232 e. The quantitative estimate of drug-likeness (QED) is 0.823. The second-order valence-electron chi connectivity index (χ2n) is 3.16. The molecule has 2 rings (SSSR count). The molecule has 0 spiro atoms. The second-order valence-corrected chi connectivity index (χ2v) is 6.32. The summed E-state index contributed by atoms with van der Waals surface area (Å²) in [6, 6.07) is 5.77. The summed E-state index contributed by atoms with van der Waals surface area (Å²) >= 11 is 0.925.